The Morgan fingerprint density at radius 3 is 2.75 bits per heavy atom. The van der Waals surface area contributed by atoms with E-state index < -0.39 is 5.60 Å². The van der Waals surface area contributed by atoms with E-state index in [0.717, 1.165) is 18.4 Å². The first-order chi connectivity index (χ1) is 5.71. The number of furan rings is 1. The fourth-order valence-electron chi connectivity index (χ4n) is 1.76. The maximum atomic E-state index is 10.1. The molecule has 0 aromatic carbocycles. The summed E-state index contributed by atoms with van der Waals surface area (Å²) in [6.07, 6.45) is 6.77. The summed E-state index contributed by atoms with van der Waals surface area (Å²) in [6.45, 7) is 1.88. The van der Waals surface area contributed by atoms with Crippen molar-refractivity contribution in [3.8, 4) is 0 Å². The quantitative estimate of drug-likeness (QED) is 0.731. The topological polar surface area (TPSA) is 33.4 Å². The van der Waals surface area contributed by atoms with Crippen molar-refractivity contribution in [2.24, 2.45) is 5.92 Å². The smallest absolute Gasteiger partial charge is 0.0963 e. The summed E-state index contributed by atoms with van der Waals surface area (Å²) in [5.41, 5.74) is 0.234. The first-order valence-electron chi connectivity index (χ1n) is 4.46. The van der Waals surface area contributed by atoms with Crippen molar-refractivity contribution >= 4 is 0 Å². The second-order valence-electron chi connectivity index (χ2n) is 3.79. The van der Waals surface area contributed by atoms with Crippen molar-refractivity contribution in [2.45, 2.75) is 31.8 Å². The maximum absolute atomic E-state index is 10.1. The second-order valence-corrected chi connectivity index (χ2v) is 3.79. The summed E-state index contributed by atoms with van der Waals surface area (Å²) in [5.74, 6) is 0.426. The monoisotopic (exact) mass is 166 g/mol. The molecule has 0 amide bonds. The van der Waals surface area contributed by atoms with Crippen molar-refractivity contribution < 1.29 is 9.52 Å². The van der Waals surface area contributed by atoms with E-state index in [0.29, 0.717) is 5.92 Å². The second kappa shape index (κ2) is 2.63. The molecule has 0 bridgehead atoms. The third kappa shape index (κ3) is 1.07. The van der Waals surface area contributed by atoms with E-state index in [-0.39, 0.29) is 0 Å². The first kappa shape index (κ1) is 7.87. The highest BCUT2D eigenvalue weighted by atomic mass is 16.3. The van der Waals surface area contributed by atoms with Gasteiger partial charge in [0, 0.05) is 5.56 Å². The zero-order valence-corrected chi connectivity index (χ0v) is 7.29. The van der Waals surface area contributed by atoms with Crippen molar-refractivity contribution in [3.63, 3.8) is 0 Å². The van der Waals surface area contributed by atoms with Crippen LogP contribution in [0.2, 0.25) is 0 Å². The van der Waals surface area contributed by atoms with Crippen LogP contribution in [0.5, 0.6) is 0 Å². The first-order valence-corrected chi connectivity index (χ1v) is 4.46. The van der Waals surface area contributed by atoms with Gasteiger partial charge in [0.25, 0.3) is 0 Å². The van der Waals surface area contributed by atoms with Gasteiger partial charge in [0.15, 0.2) is 0 Å². The van der Waals surface area contributed by atoms with Crippen LogP contribution in [0.1, 0.15) is 31.7 Å². The molecule has 0 radical (unpaired) electrons. The zero-order valence-electron chi connectivity index (χ0n) is 7.29. The molecule has 0 saturated heterocycles. The van der Waals surface area contributed by atoms with Gasteiger partial charge >= 0.3 is 0 Å². The van der Waals surface area contributed by atoms with Crippen molar-refractivity contribution in [1.29, 1.82) is 0 Å². The molecule has 1 heterocycles. The van der Waals surface area contributed by atoms with E-state index in [4.69, 9.17) is 4.42 Å². The van der Waals surface area contributed by atoms with Crippen LogP contribution in [-0.2, 0) is 5.60 Å². The van der Waals surface area contributed by atoms with Gasteiger partial charge < -0.3 is 9.52 Å². The van der Waals surface area contributed by atoms with Crippen LogP contribution in [0.4, 0.5) is 0 Å². The molecule has 1 fully saturated rings. The molecule has 1 aliphatic carbocycles. The molecule has 2 heteroatoms. The zero-order chi connectivity index (χ0) is 8.60. The molecular formula is C10H14O2. The Balaban J connectivity index is 2.19. The molecule has 1 atom stereocenters. The predicted molar refractivity (Wildman–Crippen MR) is 45.6 cm³/mol. The molecule has 2 nitrogen and oxygen atoms in total. The van der Waals surface area contributed by atoms with Crippen molar-refractivity contribution in [3.05, 3.63) is 24.2 Å². The number of hydrogen-bond donors (Lipinski definition) is 1. The van der Waals surface area contributed by atoms with Gasteiger partial charge in [0.05, 0.1) is 18.1 Å². The average Bonchev–Trinajstić information content (AvgIpc) is 2.30. The molecule has 0 spiro atoms. The largest absolute Gasteiger partial charge is 0.472 e. The Hall–Kier alpha value is -0.760. The van der Waals surface area contributed by atoms with E-state index in [1.165, 1.54) is 6.42 Å². The molecule has 0 aliphatic heterocycles. The molecule has 66 valence electrons. The highest BCUT2D eigenvalue weighted by molar-refractivity contribution is 5.17. The predicted octanol–water partition coefficient (Wildman–Crippen LogP) is 2.29. The normalized spacial score (nSPS) is 23.2. The lowest BCUT2D eigenvalue weighted by molar-refractivity contribution is -0.0403. The van der Waals surface area contributed by atoms with Crippen LogP contribution in [-0.4, -0.2) is 5.11 Å². The van der Waals surface area contributed by atoms with E-state index in [9.17, 15) is 5.11 Å². The van der Waals surface area contributed by atoms with E-state index in [1.807, 2.05) is 13.0 Å². The van der Waals surface area contributed by atoms with Crippen LogP contribution >= 0.6 is 0 Å². The lowest BCUT2D eigenvalue weighted by Crippen LogP contribution is -2.35. The molecule has 12 heavy (non-hydrogen) atoms. The molecular weight excluding hydrogens is 152 g/mol. The van der Waals surface area contributed by atoms with Gasteiger partial charge in [-0.25, -0.2) is 0 Å². The van der Waals surface area contributed by atoms with E-state index in [1.54, 1.807) is 12.5 Å². The van der Waals surface area contributed by atoms with Gasteiger partial charge in [-0.05, 0) is 31.7 Å². The van der Waals surface area contributed by atoms with Crippen LogP contribution in [0, 0.1) is 5.92 Å². The molecule has 1 N–H and O–H groups in total. The molecule has 1 aromatic heterocycles. The summed E-state index contributed by atoms with van der Waals surface area (Å²) < 4.78 is 4.96. The number of aliphatic hydroxyl groups is 1. The standard InChI is InChI=1S/C10H14O2/c1-10(11,8-3-2-4-8)9-5-6-12-7-9/h5-8,11H,2-4H2,1H3. The Morgan fingerprint density at radius 2 is 2.33 bits per heavy atom. The Bertz CT molecular complexity index is 245. The fourth-order valence-corrected chi connectivity index (χ4v) is 1.76. The van der Waals surface area contributed by atoms with Gasteiger partial charge in [-0.3, -0.25) is 0 Å². The maximum Gasteiger partial charge on any atom is 0.0963 e. The summed E-state index contributed by atoms with van der Waals surface area (Å²) in [4.78, 5) is 0. The Labute approximate surface area is 72.2 Å². The summed E-state index contributed by atoms with van der Waals surface area (Å²) >= 11 is 0. The van der Waals surface area contributed by atoms with Crippen LogP contribution in [0.15, 0.2) is 23.0 Å². The molecule has 2 rings (SSSR count). The molecule has 1 aliphatic rings. The highest BCUT2D eigenvalue weighted by Gasteiger charge is 2.37. The molecule has 1 saturated carbocycles. The summed E-state index contributed by atoms with van der Waals surface area (Å²) in [5, 5.41) is 10.1. The molecule has 1 aromatic rings. The molecule has 1 unspecified atom stereocenters. The van der Waals surface area contributed by atoms with Gasteiger partial charge in [-0.2, -0.15) is 0 Å². The van der Waals surface area contributed by atoms with Crippen molar-refractivity contribution in [1.82, 2.24) is 0 Å². The summed E-state index contributed by atoms with van der Waals surface area (Å²) in [7, 11) is 0. The van der Waals surface area contributed by atoms with Gasteiger partial charge in [-0.1, -0.05) is 6.42 Å². The Kier molecular flexibility index (Phi) is 1.72. The summed E-state index contributed by atoms with van der Waals surface area (Å²) in [6, 6.07) is 1.85. The van der Waals surface area contributed by atoms with Gasteiger partial charge in [0.1, 0.15) is 0 Å². The third-order valence-corrected chi connectivity index (χ3v) is 3.01. The minimum Gasteiger partial charge on any atom is -0.472 e. The van der Waals surface area contributed by atoms with Gasteiger partial charge in [-0.15, -0.1) is 0 Å². The third-order valence-electron chi connectivity index (χ3n) is 3.01. The minimum absolute atomic E-state index is 0.426. The lowest BCUT2D eigenvalue weighted by atomic mass is 9.71. The van der Waals surface area contributed by atoms with Crippen LogP contribution in [0.3, 0.4) is 0 Å². The number of hydrogen-bond acceptors (Lipinski definition) is 2. The number of rotatable bonds is 2. The average molecular weight is 166 g/mol. The van der Waals surface area contributed by atoms with Crippen molar-refractivity contribution in [2.75, 3.05) is 0 Å². The highest BCUT2D eigenvalue weighted by Crippen LogP contribution is 2.42. The fraction of sp³-hybridized carbons (Fsp3) is 0.600. The Morgan fingerprint density at radius 1 is 1.58 bits per heavy atom. The lowest BCUT2D eigenvalue weighted by Gasteiger charge is -2.38. The van der Waals surface area contributed by atoms with Crippen LogP contribution < -0.4 is 0 Å². The van der Waals surface area contributed by atoms with Crippen LogP contribution in [0.25, 0.3) is 0 Å². The SMILES string of the molecule is CC(O)(c1ccoc1)C1CCC1. The minimum atomic E-state index is -0.675. The van der Waals surface area contributed by atoms with Gasteiger partial charge in [0.2, 0.25) is 0 Å². The van der Waals surface area contributed by atoms with E-state index >= 15 is 0 Å². The van der Waals surface area contributed by atoms with E-state index in [2.05, 4.69) is 0 Å².